The second-order valence-electron chi connectivity index (χ2n) is 4.75. The van der Waals surface area contributed by atoms with Gasteiger partial charge in [0, 0.05) is 16.6 Å². The number of aryl methyl sites for hydroxylation is 1. The summed E-state index contributed by atoms with van der Waals surface area (Å²) in [4.78, 5) is 24.6. The summed E-state index contributed by atoms with van der Waals surface area (Å²) in [7, 11) is 0. The topological polar surface area (TPSA) is 81.4 Å². The Hall–Kier alpha value is -1.56. The number of nitrogens with one attached hydrogen (secondary N) is 1. The molecule has 0 aliphatic heterocycles. The highest BCUT2D eigenvalue weighted by Crippen LogP contribution is 2.24. The van der Waals surface area contributed by atoms with E-state index in [1.165, 1.54) is 11.3 Å². The maximum absolute atomic E-state index is 11.7. The summed E-state index contributed by atoms with van der Waals surface area (Å²) in [5.74, 6) is -0.729. The SMILES string of the molecule is Cc1sc(C(=O)OCC(=O)NC2CCCC2)cc1N. The number of hydrogen-bond acceptors (Lipinski definition) is 5. The van der Waals surface area contributed by atoms with Crippen molar-refractivity contribution in [1.29, 1.82) is 0 Å². The highest BCUT2D eigenvalue weighted by molar-refractivity contribution is 7.14. The third-order valence-corrected chi connectivity index (χ3v) is 4.26. The minimum atomic E-state index is -0.494. The molecule has 1 aromatic rings. The second kappa shape index (κ2) is 6.06. The van der Waals surface area contributed by atoms with E-state index < -0.39 is 5.97 Å². The molecule has 1 aliphatic carbocycles. The molecular formula is C13H18N2O3S. The molecule has 104 valence electrons. The molecule has 1 aromatic heterocycles. The lowest BCUT2D eigenvalue weighted by Gasteiger charge is -2.11. The van der Waals surface area contributed by atoms with Gasteiger partial charge in [0.2, 0.25) is 0 Å². The largest absolute Gasteiger partial charge is 0.451 e. The van der Waals surface area contributed by atoms with Gasteiger partial charge in [-0.05, 0) is 25.8 Å². The van der Waals surface area contributed by atoms with E-state index in [0.717, 1.165) is 30.6 Å². The summed E-state index contributed by atoms with van der Waals surface area (Å²) in [6.07, 6.45) is 4.33. The number of carbonyl (C=O) groups is 2. The Morgan fingerprint density at radius 1 is 1.47 bits per heavy atom. The predicted octanol–water partition coefficient (Wildman–Crippen LogP) is 1.85. The van der Waals surface area contributed by atoms with E-state index in [4.69, 9.17) is 10.5 Å². The minimum absolute atomic E-state index is 0.230. The molecule has 1 fully saturated rings. The molecule has 0 bridgehead atoms. The van der Waals surface area contributed by atoms with Crippen molar-refractivity contribution in [3.05, 3.63) is 15.8 Å². The number of carbonyl (C=O) groups excluding carboxylic acids is 2. The summed E-state index contributed by atoms with van der Waals surface area (Å²) in [5.41, 5.74) is 6.24. The predicted molar refractivity (Wildman–Crippen MR) is 74.1 cm³/mol. The maximum atomic E-state index is 11.7. The van der Waals surface area contributed by atoms with Crippen molar-refractivity contribution in [2.45, 2.75) is 38.6 Å². The Kier molecular flexibility index (Phi) is 4.42. The van der Waals surface area contributed by atoms with E-state index in [-0.39, 0.29) is 18.6 Å². The lowest BCUT2D eigenvalue weighted by Crippen LogP contribution is -2.35. The van der Waals surface area contributed by atoms with Crippen LogP contribution >= 0.6 is 11.3 Å². The third-order valence-electron chi connectivity index (χ3n) is 3.21. The van der Waals surface area contributed by atoms with Gasteiger partial charge in [-0.1, -0.05) is 12.8 Å². The van der Waals surface area contributed by atoms with Gasteiger partial charge in [-0.2, -0.15) is 0 Å². The number of ether oxygens (including phenoxy) is 1. The van der Waals surface area contributed by atoms with Gasteiger partial charge in [-0.25, -0.2) is 4.79 Å². The van der Waals surface area contributed by atoms with E-state index in [1.807, 2.05) is 6.92 Å². The van der Waals surface area contributed by atoms with Gasteiger partial charge in [0.1, 0.15) is 4.88 Å². The summed E-state index contributed by atoms with van der Waals surface area (Å²) in [6.45, 7) is 1.61. The molecule has 0 radical (unpaired) electrons. The summed E-state index contributed by atoms with van der Waals surface area (Å²) >= 11 is 1.28. The van der Waals surface area contributed by atoms with Crippen molar-refractivity contribution in [3.8, 4) is 0 Å². The van der Waals surface area contributed by atoms with E-state index in [2.05, 4.69) is 5.32 Å². The molecular weight excluding hydrogens is 264 g/mol. The van der Waals surface area contributed by atoms with Crippen molar-refractivity contribution >= 4 is 28.9 Å². The minimum Gasteiger partial charge on any atom is -0.451 e. The third kappa shape index (κ3) is 3.70. The summed E-state index contributed by atoms with van der Waals surface area (Å²) < 4.78 is 4.97. The average molecular weight is 282 g/mol. The van der Waals surface area contributed by atoms with Gasteiger partial charge < -0.3 is 15.8 Å². The first-order valence-electron chi connectivity index (χ1n) is 6.38. The summed E-state index contributed by atoms with van der Waals surface area (Å²) in [5, 5.41) is 2.86. The smallest absolute Gasteiger partial charge is 0.348 e. The molecule has 3 N–H and O–H groups in total. The Morgan fingerprint density at radius 2 is 2.16 bits per heavy atom. The van der Waals surface area contributed by atoms with E-state index in [1.54, 1.807) is 6.07 Å². The molecule has 2 rings (SSSR count). The molecule has 0 atom stereocenters. The number of thiophene rings is 1. The fourth-order valence-corrected chi connectivity index (χ4v) is 2.97. The number of anilines is 1. The van der Waals surface area contributed by atoms with Crippen LogP contribution in [-0.4, -0.2) is 24.5 Å². The zero-order valence-electron chi connectivity index (χ0n) is 10.9. The fourth-order valence-electron chi connectivity index (χ4n) is 2.14. The lowest BCUT2D eigenvalue weighted by molar-refractivity contribution is -0.124. The van der Waals surface area contributed by atoms with Gasteiger partial charge in [0.05, 0.1) is 0 Å². The standard InChI is InChI=1S/C13H18N2O3S/c1-8-10(14)6-11(19-8)13(17)18-7-12(16)15-9-4-2-3-5-9/h6,9H,2-5,7,14H2,1H3,(H,15,16). The number of nitrogen functional groups attached to an aromatic ring is 1. The first-order valence-corrected chi connectivity index (χ1v) is 7.20. The first kappa shape index (κ1) is 13.9. The molecule has 0 saturated heterocycles. The van der Waals surface area contributed by atoms with Gasteiger partial charge >= 0.3 is 5.97 Å². The molecule has 19 heavy (non-hydrogen) atoms. The lowest BCUT2D eigenvalue weighted by atomic mass is 10.2. The van der Waals surface area contributed by atoms with Crippen LogP contribution in [0.15, 0.2) is 6.07 Å². The second-order valence-corrected chi connectivity index (χ2v) is 6.00. The van der Waals surface area contributed by atoms with Gasteiger partial charge in [0.15, 0.2) is 6.61 Å². The molecule has 0 aromatic carbocycles. The molecule has 1 amide bonds. The number of esters is 1. The Balaban J connectivity index is 1.78. The molecule has 0 spiro atoms. The van der Waals surface area contributed by atoms with Crippen molar-refractivity contribution in [1.82, 2.24) is 5.32 Å². The zero-order valence-corrected chi connectivity index (χ0v) is 11.7. The Labute approximate surface area is 116 Å². The first-order chi connectivity index (χ1) is 9.06. The zero-order chi connectivity index (χ0) is 13.8. The molecule has 0 unspecified atom stereocenters. The normalized spacial score (nSPS) is 15.4. The van der Waals surface area contributed by atoms with Crippen LogP contribution in [0.3, 0.4) is 0 Å². The van der Waals surface area contributed by atoms with Crippen LogP contribution in [0, 0.1) is 6.92 Å². The van der Waals surface area contributed by atoms with Gasteiger partial charge in [0.25, 0.3) is 5.91 Å². The van der Waals surface area contributed by atoms with Crippen molar-refractivity contribution in [2.24, 2.45) is 0 Å². The van der Waals surface area contributed by atoms with Crippen LogP contribution in [0.5, 0.6) is 0 Å². The monoisotopic (exact) mass is 282 g/mol. The Bertz CT molecular complexity index is 459. The average Bonchev–Trinajstić information content (AvgIpc) is 2.98. The van der Waals surface area contributed by atoms with Crippen LogP contribution in [0.2, 0.25) is 0 Å². The molecule has 1 saturated carbocycles. The Morgan fingerprint density at radius 3 is 2.74 bits per heavy atom. The maximum Gasteiger partial charge on any atom is 0.348 e. The highest BCUT2D eigenvalue weighted by Gasteiger charge is 2.18. The van der Waals surface area contributed by atoms with Crippen molar-refractivity contribution in [2.75, 3.05) is 12.3 Å². The number of amides is 1. The molecule has 1 aliphatic rings. The molecule has 6 heteroatoms. The molecule has 1 heterocycles. The van der Waals surface area contributed by atoms with E-state index in [9.17, 15) is 9.59 Å². The highest BCUT2D eigenvalue weighted by atomic mass is 32.1. The number of rotatable bonds is 4. The van der Waals surface area contributed by atoms with Crippen molar-refractivity contribution < 1.29 is 14.3 Å². The number of hydrogen-bond donors (Lipinski definition) is 2. The summed E-state index contributed by atoms with van der Waals surface area (Å²) in [6, 6.07) is 1.82. The van der Waals surface area contributed by atoms with Crippen LogP contribution in [0.4, 0.5) is 5.69 Å². The van der Waals surface area contributed by atoms with Gasteiger partial charge in [-0.3, -0.25) is 4.79 Å². The quantitative estimate of drug-likeness (QED) is 0.826. The van der Waals surface area contributed by atoms with Crippen molar-refractivity contribution in [3.63, 3.8) is 0 Å². The van der Waals surface area contributed by atoms with Crippen LogP contribution in [0.25, 0.3) is 0 Å². The molecule has 5 nitrogen and oxygen atoms in total. The van der Waals surface area contributed by atoms with Crippen LogP contribution in [0.1, 0.15) is 40.2 Å². The van der Waals surface area contributed by atoms with E-state index >= 15 is 0 Å². The fraction of sp³-hybridized carbons (Fsp3) is 0.538. The van der Waals surface area contributed by atoms with Gasteiger partial charge in [-0.15, -0.1) is 11.3 Å². The number of nitrogens with two attached hydrogens (primary N) is 1. The van der Waals surface area contributed by atoms with Crippen LogP contribution < -0.4 is 11.1 Å². The van der Waals surface area contributed by atoms with Crippen LogP contribution in [-0.2, 0) is 9.53 Å². The van der Waals surface area contributed by atoms with E-state index in [0.29, 0.717) is 10.6 Å².